The third-order valence-electron chi connectivity index (χ3n) is 4.62. The van der Waals surface area contributed by atoms with Crippen molar-refractivity contribution in [3.63, 3.8) is 0 Å². The van der Waals surface area contributed by atoms with Crippen LogP contribution in [0.5, 0.6) is 0 Å². The molecule has 0 saturated carbocycles. The fourth-order valence-corrected chi connectivity index (χ4v) is 3.17. The van der Waals surface area contributed by atoms with Crippen LogP contribution in [-0.2, 0) is 0 Å². The summed E-state index contributed by atoms with van der Waals surface area (Å²) < 4.78 is 0. The topological polar surface area (TPSA) is 48.8 Å². The van der Waals surface area contributed by atoms with Crippen molar-refractivity contribution in [3.8, 4) is 0 Å². The van der Waals surface area contributed by atoms with Crippen molar-refractivity contribution in [2.75, 3.05) is 10.6 Å². The van der Waals surface area contributed by atoms with Crippen molar-refractivity contribution in [1.29, 1.82) is 0 Å². The molecule has 0 spiro atoms. The highest BCUT2D eigenvalue weighted by Crippen LogP contribution is 2.23. The first-order chi connectivity index (χ1) is 15.1. The molecular weight excluding hydrogens is 380 g/mol. The van der Waals surface area contributed by atoms with E-state index in [4.69, 9.17) is 0 Å². The lowest BCUT2D eigenvalue weighted by Gasteiger charge is -2.10. The van der Waals surface area contributed by atoms with E-state index in [0.29, 0.717) is 6.04 Å². The number of allylic oxidation sites excluding steroid dienone is 4. The summed E-state index contributed by atoms with van der Waals surface area (Å²) in [5.74, 6) is 0. The summed E-state index contributed by atoms with van der Waals surface area (Å²) in [6.07, 6.45) is 8.01. The highest BCUT2D eigenvalue weighted by atomic mass is 14.9. The van der Waals surface area contributed by atoms with E-state index in [9.17, 15) is 0 Å². The second-order valence-electron chi connectivity index (χ2n) is 7.59. The average molecular weight is 407 g/mol. The monoisotopic (exact) mass is 406 g/mol. The Balaban J connectivity index is 1.36. The Bertz CT molecular complexity index is 1100. The second kappa shape index (κ2) is 9.72. The number of hydrogen-bond donors (Lipinski definition) is 2. The maximum Gasteiger partial charge on any atom is 0.0638 e. The van der Waals surface area contributed by atoms with E-state index >= 15 is 0 Å². The van der Waals surface area contributed by atoms with Crippen LogP contribution in [0, 0.1) is 0 Å². The largest absolute Gasteiger partial charge is 0.356 e. The Morgan fingerprint density at radius 1 is 0.548 bits per heavy atom. The van der Waals surface area contributed by atoms with Gasteiger partial charge in [0.05, 0.1) is 17.1 Å². The fraction of sp³-hybridized carbons (Fsp3) is 0.111. The van der Waals surface area contributed by atoms with Crippen LogP contribution in [0.4, 0.5) is 28.4 Å². The van der Waals surface area contributed by atoms with Crippen LogP contribution in [0.2, 0.25) is 0 Å². The van der Waals surface area contributed by atoms with Gasteiger partial charge in [-0.05, 0) is 98.8 Å². The van der Waals surface area contributed by atoms with Crippen LogP contribution in [0.15, 0.2) is 113 Å². The van der Waals surface area contributed by atoms with E-state index in [0.717, 1.165) is 39.9 Å². The predicted molar refractivity (Wildman–Crippen MR) is 134 cm³/mol. The summed E-state index contributed by atoms with van der Waals surface area (Å²) in [6.45, 7) is 4.15. The van der Waals surface area contributed by atoms with Gasteiger partial charge in [0.1, 0.15) is 0 Å². The van der Waals surface area contributed by atoms with Gasteiger partial charge in [-0.2, -0.15) is 0 Å². The van der Waals surface area contributed by atoms with Gasteiger partial charge in [0.15, 0.2) is 0 Å². The van der Waals surface area contributed by atoms with Gasteiger partial charge in [-0.15, -0.1) is 0 Å². The van der Waals surface area contributed by atoms with Gasteiger partial charge in [-0.1, -0.05) is 18.2 Å². The molecule has 3 aromatic carbocycles. The van der Waals surface area contributed by atoms with E-state index in [1.54, 1.807) is 0 Å². The van der Waals surface area contributed by atoms with Gasteiger partial charge < -0.3 is 10.6 Å². The third-order valence-corrected chi connectivity index (χ3v) is 4.62. The standard InChI is InChI=1S/C27H26N4/c1-20(2)28-22-8-10-24(11-9-22)30-26-16-18-27(19-17-26)31-25-14-12-23(13-15-25)29-21-6-4-3-5-7-21/h3-20,29,31H,1-2H3. The molecule has 2 N–H and O–H groups in total. The molecule has 4 heteroatoms. The molecule has 1 aliphatic carbocycles. The maximum atomic E-state index is 4.68. The van der Waals surface area contributed by atoms with E-state index in [1.807, 2.05) is 78.9 Å². The zero-order chi connectivity index (χ0) is 21.5. The predicted octanol–water partition coefficient (Wildman–Crippen LogP) is 7.22. The van der Waals surface area contributed by atoms with Gasteiger partial charge in [0, 0.05) is 28.8 Å². The molecule has 0 saturated heterocycles. The lowest BCUT2D eigenvalue weighted by Crippen LogP contribution is -2.02. The van der Waals surface area contributed by atoms with Crippen LogP contribution in [-0.4, -0.2) is 17.5 Å². The molecule has 4 nitrogen and oxygen atoms in total. The van der Waals surface area contributed by atoms with E-state index in [2.05, 4.69) is 58.7 Å². The van der Waals surface area contributed by atoms with Crippen LogP contribution in [0.25, 0.3) is 0 Å². The number of nitrogens with zero attached hydrogens (tertiary/aromatic N) is 2. The van der Waals surface area contributed by atoms with Crippen LogP contribution in [0.1, 0.15) is 13.8 Å². The Hall–Kier alpha value is -3.92. The number of hydrogen-bond acceptors (Lipinski definition) is 4. The second-order valence-corrected chi connectivity index (χ2v) is 7.59. The van der Waals surface area contributed by atoms with Crippen molar-refractivity contribution >= 4 is 39.9 Å². The number of anilines is 4. The van der Waals surface area contributed by atoms with Crippen molar-refractivity contribution < 1.29 is 0 Å². The highest BCUT2D eigenvalue weighted by Gasteiger charge is 2.02. The Labute approximate surface area is 183 Å². The summed E-state index contributed by atoms with van der Waals surface area (Å²) in [4.78, 5) is 9.21. The first-order valence-corrected chi connectivity index (χ1v) is 10.5. The maximum absolute atomic E-state index is 4.68. The van der Waals surface area contributed by atoms with Gasteiger partial charge >= 0.3 is 0 Å². The van der Waals surface area contributed by atoms with Crippen molar-refractivity contribution in [1.82, 2.24) is 0 Å². The van der Waals surface area contributed by atoms with Crippen LogP contribution in [0.3, 0.4) is 0 Å². The van der Waals surface area contributed by atoms with Gasteiger partial charge in [-0.25, -0.2) is 4.99 Å². The normalized spacial score (nSPS) is 12.7. The van der Waals surface area contributed by atoms with Crippen LogP contribution >= 0.6 is 0 Å². The molecule has 3 aromatic rings. The fourth-order valence-electron chi connectivity index (χ4n) is 3.17. The third kappa shape index (κ3) is 6.03. The van der Waals surface area contributed by atoms with Crippen molar-refractivity contribution in [2.45, 2.75) is 19.9 Å². The smallest absolute Gasteiger partial charge is 0.0638 e. The van der Waals surface area contributed by atoms with E-state index in [-0.39, 0.29) is 0 Å². The molecule has 0 atom stereocenters. The number of nitrogens with one attached hydrogen (secondary N) is 2. The highest BCUT2D eigenvalue weighted by molar-refractivity contribution is 6.19. The molecular formula is C27H26N4. The SMILES string of the molecule is CC(C)N=C1C=CC(=Nc2ccc(Nc3ccc(Nc4ccccc4)cc3)cc2)C=C1. The number of rotatable bonds is 6. The minimum absolute atomic E-state index is 0.291. The molecule has 0 radical (unpaired) electrons. The molecule has 1 aliphatic rings. The van der Waals surface area contributed by atoms with Gasteiger partial charge in [-0.3, -0.25) is 4.99 Å². The molecule has 31 heavy (non-hydrogen) atoms. The average Bonchev–Trinajstić information content (AvgIpc) is 2.78. The molecule has 0 bridgehead atoms. The number of aliphatic imine (C=N–C) groups is 2. The Morgan fingerprint density at radius 2 is 1.00 bits per heavy atom. The van der Waals surface area contributed by atoms with Gasteiger partial charge in [0.2, 0.25) is 0 Å². The molecule has 4 rings (SSSR count). The first-order valence-electron chi connectivity index (χ1n) is 10.5. The zero-order valence-electron chi connectivity index (χ0n) is 17.8. The summed E-state index contributed by atoms with van der Waals surface area (Å²) >= 11 is 0. The zero-order valence-corrected chi connectivity index (χ0v) is 17.8. The quantitative estimate of drug-likeness (QED) is 0.425. The van der Waals surface area contributed by atoms with E-state index < -0.39 is 0 Å². The van der Waals surface area contributed by atoms with Crippen LogP contribution < -0.4 is 10.6 Å². The Kier molecular flexibility index (Phi) is 6.38. The molecule has 0 heterocycles. The molecule has 0 aliphatic heterocycles. The lowest BCUT2D eigenvalue weighted by atomic mass is 10.1. The number of para-hydroxylation sites is 1. The van der Waals surface area contributed by atoms with Crippen molar-refractivity contribution in [2.24, 2.45) is 9.98 Å². The first kappa shape index (κ1) is 20.4. The summed E-state index contributed by atoms with van der Waals surface area (Å²) in [5, 5.41) is 6.82. The summed E-state index contributed by atoms with van der Waals surface area (Å²) in [5.41, 5.74) is 7.01. The molecule has 0 unspecified atom stereocenters. The molecule has 0 fully saturated rings. The minimum Gasteiger partial charge on any atom is -0.356 e. The van der Waals surface area contributed by atoms with Crippen molar-refractivity contribution in [3.05, 3.63) is 103 Å². The van der Waals surface area contributed by atoms with E-state index in [1.165, 1.54) is 0 Å². The molecule has 0 amide bonds. The summed E-state index contributed by atoms with van der Waals surface area (Å²) in [7, 11) is 0. The minimum atomic E-state index is 0.291. The molecule has 0 aromatic heterocycles. The summed E-state index contributed by atoms with van der Waals surface area (Å²) in [6, 6.07) is 26.8. The number of benzene rings is 3. The molecule has 154 valence electrons. The van der Waals surface area contributed by atoms with Gasteiger partial charge in [0.25, 0.3) is 0 Å². The Morgan fingerprint density at radius 3 is 1.52 bits per heavy atom. The lowest BCUT2D eigenvalue weighted by molar-refractivity contribution is 0.838.